The highest BCUT2D eigenvalue weighted by atomic mass is 32.2. The van der Waals surface area contributed by atoms with Gasteiger partial charge in [0.05, 0.1) is 6.42 Å². The molecule has 0 saturated heterocycles. The van der Waals surface area contributed by atoms with E-state index < -0.39 is 12.0 Å². The average molecular weight is 385 g/mol. The lowest BCUT2D eigenvalue weighted by molar-refractivity contribution is -0.144. The predicted octanol–water partition coefficient (Wildman–Crippen LogP) is 3.23. The van der Waals surface area contributed by atoms with Crippen LogP contribution in [0.5, 0.6) is 0 Å². The number of carbonyl (C=O) groups is 2. The van der Waals surface area contributed by atoms with Gasteiger partial charge in [-0.25, -0.2) is 0 Å². The van der Waals surface area contributed by atoms with Gasteiger partial charge in [-0.15, -0.1) is 0 Å². The molecule has 0 fully saturated rings. The molecule has 3 N–H and O–H groups in total. The number of fused-ring (bicyclic) bond motifs is 3. The summed E-state index contributed by atoms with van der Waals surface area (Å²) in [6.45, 7) is 0.267. The van der Waals surface area contributed by atoms with Crippen molar-refractivity contribution in [3.63, 3.8) is 0 Å². The lowest BCUT2D eigenvalue weighted by Gasteiger charge is -2.08. The van der Waals surface area contributed by atoms with Crippen molar-refractivity contribution in [3.05, 3.63) is 59.2 Å². The van der Waals surface area contributed by atoms with Crippen molar-refractivity contribution in [3.8, 4) is 11.1 Å². The second-order valence-corrected chi connectivity index (χ2v) is 7.81. The molecule has 27 heavy (non-hydrogen) atoms. The number of benzene rings is 2. The minimum Gasteiger partial charge on any atom is -0.480 e. The van der Waals surface area contributed by atoms with Crippen LogP contribution in [-0.4, -0.2) is 34.6 Å². The van der Waals surface area contributed by atoms with Gasteiger partial charge in [0.2, 0.25) is 0 Å². The van der Waals surface area contributed by atoms with Crippen LogP contribution in [-0.2, 0) is 27.4 Å². The van der Waals surface area contributed by atoms with E-state index in [0.717, 1.165) is 12.0 Å². The van der Waals surface area contributed by atoms with Gasteiger partial charge >= 0.3 is 11.9 Å². The van der Waals surface area contributed by atoms with E-state index in [2.05, 4.69) is 30.3 Å². The Morgan fingerprint density at radius 2 is 1.89 bits per heavy atom. The molecule has 1 aliphatic rings. The lowest BCUT2D eigenvalue weighted by atomic mass is 10.0. The van der Waals surface area contributed by atoms with Crippen LogP contribution in [0.1, 0.15) is 29.5 Å². The number of carboxylic acids is 1. The highest BCUT2D eigenvalue weighted by Crippen LogP contribution is 2.36. The van der Waals surface area contributed by atoms with Crippen LogP contribution < -0.4 is 5.73 Å². The summed E-state index contributed by atoms with van der Waals surface area (Å²) in [5, 5.41) is 8.71. The Morgan fingerprint density at radius 3 is 2.70 bits per heavy atom. The number of nitrogens with two attached hydrogens (primary N) is 1. The molecule has 2 aromatic carbocycles. The molecule has 0 heterocycles. The second kappa shape index (κ2) is 9.06. The molecule has 0 aliphatic heterocycles. The Balaban J connectivity index is 1.42. The molecule has 2 aromatic rings. The third-order valence-corrected chi connectivity index (χ3v) is 5.62. The van der Waals surface area contributed by atoms with Crippen molar-refractivity contribution >= 4 is 23.7 Å². The normalized spacial score (nSPS) is 12.9. The quantitative estimate of drug-likeness (QED) is 0.434. The minimum atomic E-state index is -0.994. The van der Waals surface area contributed by atoms with Crippen LogP contribution in [0, 0.1) is 0 Å². The monoisotopic (exact) mass is 385 g/mol. The van der Waals surface area contributed by atoms with Gasteiger partial charge < -0.3 is 15.6 Å². The minimum absolute atomic E-state index is 0.245. The molecule has 0 saturated carbocycles. The molecule has 0 radical (unpaired) electrons. The summed E-state index contributed by atoms with van der Waals surface area (Å²) in [6.07, 6.45) is 1.65. The predicted molar refractivity (Wildman–Crippen MR) is 107 cm³/mol. The Morgan fingerprint density at radius 1 is 1.11 bits per heavy atom. The highest BCUT2D eigenvalue weighted by molar-refractivity contribution is 7.99. The Kier molecular flexibility index (Phi) is 6.53. The highest BCUT2D eigenvalue weighted by Gasteiger charge is 2.18. The van der Waals surface area contributed by atoms with E-state index in [4.69, 9.17) is 15.6 Å². The summed E-state index contributed by atoms with van der Waals surface area (Å²) in [5.74, 6) is -0.0221. The van der Waals surface area contributed by atoms with Gasteiger partial charge in [0.1, 0.15) is 12.6 Å². The number of carbonyl (C=O) groups excluding carboxylic acids is 1. The van der Waals surface area contributed by atoms with Crippen molar-refractivity contribution in [2.75, 3.05) is 11.5 Å². The fraction of sp³-hybridized carbons (Fsp3) is 0.333. The zero-order valence-corrected chi connectivity index (χ0v) is 15.8. The van der Waals surface area contributed by atoms with Gasteiger partial charge in [0.15, 0.2) is 0 Å². The van der Waals surface area contributed by atoms with Crippen LogP contribution in [0.2, 0.25) is 0 Å². The molecular formula is C21H23NO4S. The van der Waals surface area contributed by atoms with Gasteiger partial charge in [-0.1, -0.05) is 36.4 Å². The maximum Gasteiger partial charge on any atom is 0.320 e. The molecule has 6 heteroatoms. The number of hydrogen-bond acceptors (Lipinski definition) is 5. The lowest BCUT2D eigenvalue weighted by Crippen LogP contribution is -2.30. The molecule has 0 unspecified atom stereocenters. The van der Waals surface area contributed by atoms with E-state index in [1.165, 1.54) is 34.0 Å². The number of rotatable bonds is 9. The zero-order chi connectivity index (χ0) is 19.2. The topological polar surface area (TPSA) is 89.6 Å². The van der Waals surface area contributed by atoms with E-state index in [9.17, 15) is 9.59 Å². The van der Waals surface area contributed by atoms with Crippen LogP contribution in [0.4, 0.5) is 0 Å². The molecule has 0 amide bonds. The van der Waals surface area contributed by atoms with Crippen molar-refractivity contribution < 1.29 is 19.4 Å². The van der Waals surface area contributed by atoms with E-state index in [1.807, 2.05) is 12.1 Å². The molecule has 3 rings (SSSR count). The number of ether oxygens (including phenoxy) is 1. The molecule has 5 nitrogen and oxygen atoms in total. The first-order valence-corrected chi connectivity index (χ1v) is 10.1. The zero-order valence-electron chi connectivity index (χ0n) is 15.0. The molecule has 0 bridgehead atoms. The number of thioether (sulfide) groups is 1. The van der Waals surface area contributed by atoms with Crippen molar-refractivity contribution in [1.29, 1.82) is 0 Å². The molecule has 0 aromatic heterocycles. The molecule has 142 valence electrons. The van der Waals surface area contributed by atoms with Gasteiger partial charge in [-0.05, 0) is 52.5 Å². The first-order valence-electron chi connectivity index (χ1n) is 8.96. The van der Waals surface area contributed by atoms with E-state index in [0.29, 0.717) is 24.3 Å². The number of esters is 1. The summed E-state index contributed by atoms with van der Waals surface area (Å²) in [7, 11) is 0. The van der Waals surface area contributed by atoms with Crippen molar-refractivity contribution in [1.82, 2.24) is 0 Å². The first-order chi connectivity index (χ1) is 13.0. The van der Waals surface area contributed by atoms with Crippen molar-refractivity contribution in [2.24, 2.45) is 5.73 Å². The van der Waals surface area contributed by atoms with Gasteiger partial charge in [0, 0.05) is 5.75 Å². The summed E-state index contributed by atoms with van der Waals surface area (Å²) in [6, 6.07) is 13.8. The Labute approximate surface area is 162 Å². The largest absolute Gasteiger partial charge is 0.480 e. The van der Waals surface area contributed by atoms with Gasteiger partial charge in [-0.2, -0.15) is 11.8 Å². The maximum atomic E-state index is 11.9. The van der Waals surface area contributed by atoms with Crippen LogP contribution in [0.25, 0.3) is 11.1 Å². The summed E-state index contributed by atoms with van der Waals surface area (Å²) in [5.41, 5.74) is 11.5. The Hall–Kier alpha value is -2.31. The van der Waals surface area contributed by atoms with Gasteiger partial charge in [0.25, 0.3) is 0 Å². The number of carboxylic acid groups (broad SMARTS) is 1. The molecular weight excluding hydrogens is 362 g/mol. The first kappa shape index (κ1) is 19.5. The fourth-order valence-electron chi connectivity index (χ4n) is 3.09. The van der Waals surface area contributed by atoms with Crippen LogP contribution >= 0.6 is 11.8 Å². The SMILES string of the molecule is N[C@@H](CCSCCC(=O)OCc1ccc2c(c1)-c1ccccc1C2)C(=O)O. The molecule has 1 atom stereocenters. The second-order valence-electron chi connectivity index (χ2n) is 6.58. The number of aliphatic carboxylic acids is 1. The van der Waals surface area contributed by atoms with Crippen molar-refractivity contribution in [2.45, 2.75) is 31.9 Å². The summed E-state index contributed by atoms with van der Waals surface area (Å²) < 4.78 is 5.37. The fourth-order valence-corrected chi connectivity index (χ4v) is 4.02. The van der Waals surface area contributed by atoms with E-state index in [-0.39, 0.29) is 12.6 Å². The third kappa shape index (κ3) is 5.11. The van der Waals surface area contributed by atoms with E-state index >= 15 is 0 Å². The Bertz CT molecular complexity index is 837. The summed E-state index contributed by atoms with van der Waals surface area (Å²) in [4.78, 5) is 22.5. The van der Waals surface area contributed by atoms with Crippen LogP contribution in [0.3, 0.4) is 0 Å². The molecule has 0 spiro atoms. The van der Waals surface area contributed by atoms with Gasteiger partial charge in [-0.3, -0.25) is 9.59 Å². The third-order valence-electron chi connectivity index (χ3n) is 4.60. The standard InChI is InChI=1S/C21H23NO4S/c22-19(21(24)25)7-9-27-10-8-20(23)26-13-14-5-6-16-12-15-3-1-2-4-17(15)18(16)11-14/h1-6,11,19H,7-10,12-13,22H2,(H,24,25)/t19-/m0/s1. The average Bonchev–Trinajstić information content (AvgIpc) is 3.03. The summed E-state index contributed by atoms with van der Waals surface area (Å²) >= 11 is 1.51. The van der Waals surface area contributed by atoms with E-state index in [1.54, 1.807) is 0 Å². The molecule has 1 aliphatic carbocycles. The number of hydrogen-bond donors (Lipinski definition) is 2. The smallest absolute Gasteiger partial charge is 0.320 e. The maximum absolute atomic E-state index is 11.9. The van der Waals surface area contributed by atoms with Crippen LogP contribution in [0.15, 0.2) is 42.5 Å².